The fourth-order valence-corrected chi connectivity index (χ4v) is 5.24. The van der Waals surface area contributed by atoms with Crippen molar-refractivity contribution in [2.24, 2.45) is 4.99 Å². The Kier molecular flexibility index (Phi) is 7.33. The van der Waals surface area contributed by atoms with E-state index in [1.807, 2.05) is 6.92 Å². The van der Waals surface area contributed by atoms with Gasteiger partial charge in [-0.3, -0.25) is 9.20 Å². The van der Waals surface area contributed by atoms with E-state index in [0.29, 0.717) is 11.3 Å². The van der Waals surface area contributed by atoms with Gasteiger partial charge in [-0.15, -0.1) is 0 Å². The van der Waals surface area contributed by atoms with Crippen molar-refractivity contribution in [3.05, 3.63) is 36.0 Å². The van der Waals surface area contributed by atoms with Gasteiger partial charge in [0.05, 0.1) is 0 Å². The van der Waals surface area contributed by atoms with Crippen LogP contribution < -0.4 is 10.6 Å². The average molecular weight is 389 g/mol. The Labute approximate surface area is 164 Å². The first kappa shape index (κ1) is 19.9. The van der Waals surface area contributed by atoms with E-state index >= 15 is 0 Å². The highest BCUT2D eigenvalue weighted by molar-refractivity contribution is 7.85. The first-order chi connectivity index (χ1) is 13.2. The van der Waals surface area contributed by atoms with E-state index in [0.717, 1.165) is 56.9 Å². The van der Waals surface area contributed by atoms with Crippen molar-refractivity contribution in [1.82, 2.24) is 15.6 Å². The Morgan fingerprint density at radius 3 is 2.96 bits per heavy atom. The summed E-state index contributed by atoms with van der Waals surface area (Å²) in [4.78, 5) is 8.11. The zero-order chi connectivity index (χ0) is 19.1. The molecule has 148 valence electrons. The molecule has 1 aliphatic rings. The van der Waals surface area contributed by atoms with Gasteiger partial charge in [0, 0.05) is 58.0 Å². The average Bonchev–Trinajstić information content (AvgIpc) is 3.11. The third-order valence-corrected chi connectivity index (χ3v) is 7.03. The van der Waals surface area contributed by atoms with E-state index in [1.54, 1.807) is 0 Å². The van der Waals surface area contributed by atoms with Crippen molar-refractivity contribution >= 4 is 27.7 Å². The van der Waals surface area contributed by atoms with Crippen LogP contribution in [0.5, 0.6) is 0 Å². The predicted octanol–water partition coefficient (Wildman–Crippen LogP) is 3.35. The van der Waals surface area contributed by atoms with Crippen LogP contribution in [0.15, 0.2) is 35.5 Å². The van der Waals surface area contributed by atoms with Gasteiger partial charge in [0.1, 0.15) is 0 Å². The molecule has 1 aromatic heterocycles. The van der Waals surface area contributed by atoms with Crippen LogP contribution in [0.25, 0.3) is 10.9 Å². The molecule has 1 aromatic carbocycles. The minimum atomic E-state index is -0.696. The molecular weight excluding hydrogens is 356 g/mol. The fourth-order valence-electron chi connectivity index (χ4n) is 3.89. The Bertz CT molecular complexity index is 785. The van der Waals surface area contributed by atoms with E-state index in [4.69, 9.17) is 4.99 Å². The molecule has 1 saturated carbocycles. The third-order valence-electron chi connectivity index (χ3n) is 5.29. The summed E-state index contributed by atoms with van der Waals surface area (Å²) in [6.45, 7) is 5.69. The topological polar surface area (TPSA) is 69.3 Å². The molecule has 0 saturated heterocycles. The summed E-state index contributed by atoms with van der Waals surface area (Å²) in [6.07, 6.45) is 7.34. The van der Waals surface area contributed by atoms with E-state index < -0.39 is 10.8 Å². The van der Waals surface area contributed by atoms with Gasteiger partial charge in [-0.2, -0.15) is 0 Å². The van der Waals surface area contributed by atoms with Gasteiger partial charge in [0.2, 0.25) is 0 Å². The van der Waals surface area contributed by atoms with E-state index in [9.17, 15) is 4.21 Å². The SMILES string of the molecule is CCNC(=NCCc1c[nH]c2ccccc12)NC1CCCC(S(=O)CC)C1. The van der Waals surface area contributed by atoms with Crippen LogP contribution >= 0.6 is 0 Å². The van der Waals surface area contributed by atoms with Gasteiger partial charge in [-0.05, 0) is 44.2 Å². The van der Waals surface area contributed by atoms with Gasteiger partial charge in [0.25, 0.3) is 0 Å². The van der Waals surface area contributed by atoms with E-state index in [-0.39, 0.29) is 0 Å². The summed E-state index contributed by atoms with van der Waals surface area (Å²) in [6, 6.07) is 8.76. The fraction of sp³-hybridized carbons (Fsp3) is 0.571. The molecule has 0 aliphatic heterocycles. The number of fused-ring (bicyclic) bond motifs is 1. The second-order valence-corrected chi connectivity index (χ2v) is 9.17. The number of aliphatic imine (C=N–C) groups is 1. The number of nitrogens with zero attached hydrogens (tertiary/aromatic N) is 1. The van der Waals surface area contributed by atoms with Crippen LogP contribution in [0.3, 0.4) is 0 Å². The molecule has 2 aromatic rings. The third kappa shape index (κ3) is 5.34. The number of rotatable bonds is 7. The minimum absolute atomic E-state index is 0.329. The van der Waals surface area contributed by atoms with Gasteiger partial charge in [-0.1, -0.05) is 31.5 Å². The summed E-state index contributed by atoms with van der Waals surface area (Å²) in [7, 11) is -0.696. The molecule has 1 heterocycles. The van der Waals surface area contributed by atoms with Crippen molar-refractivity contribution < 1.29 is 4.21 Å². The van der Waals surface area contributed by atoms with Crippen molar-refractivity contribution in [3.63, 3.8) is 0 Å². The zero-order valence-corrected chi connectivity index (χ0v) is 17.3. The van der Waals surface area contributed by atoms with Crippen LogP contribution in [0, 0.1) is 0 Å². The molecule has 0 amide bonds. The Morgan fingerprint density at radius 2 is 2.15 bits per heavy atom. The molecule has 27 heavy (non-hydrogen) atoms. The predicted molar refractivity (Wildman–Crippen MR) is 116 cm³/mol. The smallest absolute Gasteiger partial charge is 0.191 e. The van der Waals surface area contributed by atoms with Crippen LogP contribution in [-0.2, 0) is 17.2 Å². The van der Waals surface area contributed by atoms with Gasteiger partial charge < -0.3 is 15.6 Å². The normalized spacial score (nSPS) is 21.9. The number of guanidine groups is 1. The summed E-state index contributed by atoms with van der Waals surface area (Å²) in [5.41, 5.74) is 2.49. The minimum Gasteiger partial charge on any atom is -0.361 e. The number of H-pyrrole nitrogens is 1. The lowest BCUT2D eigenvalue weighted by atomic mass is 9.95. The molecule has 1 fully saturated rings. The highest BCUT2D eigenvalue weighted by atomic mass is 32.2. The maximum atomic E-state index is 12.2. The van der Waals surface area contributed by atoms with Crippen LogP contribution in [0.4, 0.5) is 0 Å². The maximum Gasteiger partial charge on any atom is 0.191 e. The standard InChI is InChI=1S/C21H32N4OS/c1-3-22-21(25-17-8-7-9-18(14-17)27(26)4-2)23-13-12-16-15-24-20-11-6-5-10-19(16)20/h5-6,10-11,15,17-18,24H,3-4,7-9,12-14H2,1-2H3,(H2,22,23,25). The van der Waals surface area contributed by atoms with Crippen molar-refractivity contribution in [2.45, 2.75) is 57.2 Å². The number of hydrogen-bond acceptors (Lipinski definition) is 2. The van der Waals surface area contributed by atoms with Gasteiger partial charge in [0.15, 0.2) is 5.96 Å². The number of benzene rings is 1. The second-order valence-electron chi connectivity index (χ2n) is 7.17. The molecule has 5 nitrogen and oxygen atoms in total. The van der Waals surface area contributed by atoms with Gasteiger partial charge >= 0.3 is 0 Å². The van der Waals surface area contributed by atoms with Gasteiger partial charge in [-0.25, -0.2) is 0 Å². The number of hydrogen-bond donors (Lipinski definition) is 3. The summed E-state index contributed by atoms with van der Waals surface area (Å²) in [5, 5.41) is 8.55. The first-order valence-corrected chi connectivity index (χ1v) is 11.6. The quantitative estimate of drug-likeness (QED) is 0.503. The van der Waals surface area contributed by atoms with Crippen molar-refractivity contribution in [3.8, 4) is 0 Å². The number of para-hydroxylation sites is 1. The number of aromatic amines is 1. The van der Waals surface area contributed by atoms with E-state index in [1.165, 1.54) is 16.5 Å². The van der Waals surface area contributed by atoms with Crippen molar-refractivity contribution in [1.29, 1.82) is 0 Å². The first-order valence-electron chi connectivity index (χ1n) is 10.2. The Balaban J connectivity index is 1.58. The molecular formula is C21H32N4OS. The molecule has 1 aliphatic carbocycles. The van der Waals surface area contributed by atoms with Crippen molar-refractivity contribution in [2.75, 3.05) is 18.8 Å². The lowest BCUT2D eigenvalue weighted by Crippen LogP contribution is -2.46. The highest BCUT2D eigenvalue weighted by Gasteiger charge is 2.26. The van der Waals surface area contributed by atoms with Crippen LogP contribution in [0.2, 0.25) is 0 Å². The molecule has 3 N–H and O–H groups in total. The maximum absolute atomic E-state index is 12.2. The summed E-state index contributed by atoms with van der Waals surface area (Å²) < 4.78 is 12.2. The lowest BCUT2D eigenvalue weighted by Gasteiger charge is -2.30. The second kappa shape index (κ2) is 9.93. The largest absolute Gasteiger partial charge is 0.361 e. The Morgan fingerprint density at radius 1 is 1.30 bits per heavy atom. The molecule has 0 spiro atoms. The van der Waals surface area contributed by atoms with Crippen LogP contribution in [0.1, 0.15) is 45.1 Å². The Hall–Kier alpha value is -1.82. The lowest BCUT2D eigenvalue weighted by molar-refractivity contribution is 0.413. The molecule has 0 bridgehead atoms. The summed E-state index contributed by atoms with van der Waals surface area (Å²) in [5.74, 6) is 1.64. The molecule has 3 rings (SSSR count). The van der Waals surface area contributed by atoms with E-state index in [2.05, 4.69) is 53.0 Å². The molecule has 3 unspecified atom stereocenters. The molecule has 3 atom stereocenters. The number of nitrogens with one attached hydrogen (secondary N) is 3. The number of aromatic nitrogens is 1. The monoisotopic (exact) mass is 388 g/mol. The summed E-state index contributed by atoms with van der Waals surface area (Å²) >= 11 is 0. The highest BCUT2D eigenvalue weighted by Crippen LogP contribution is 2.23. The zero-order valence-electron chi connectivity index (χ0n) is 16.5. The van der Waals surface area contributed by atoms with Crippen LogP contribution in [-0.4, -0.2) is 45.3 Å². The molecule has 0 radical (unpaired) electrons. The molecule has 6 heteroatoms.